The zero-order valence-corrected chi connectivity index (χ0v) is 32.4. The van der Waals surface area contributed by atoms with Crippen LogP contribution in [-0.2, 0) is 0 Å². The highest BCUT2D eigenvalue weighted by atomic mass is 14.9. The Kier molecular flexibility index (Phi) is 9.18. The molecule has 0 aromatic heterocycles. The number of rotatable bonds is 8. The van der Waals surface area contributed by atoms with Gasteiger partial charge >= 0.3 is 0 Å². The van der Waals surface area contributed by atoms with Gasteiger partial charge in [-0.05, 0) is 102 Å². The van der Waals surface area contributed by atoms with Crippen molar-refractivity contribution in [3.05, 3.63) is 230 Å². The van der Waals surface area contributed by atoms with Crippen molar-refractivity contribution in [3.63, 3.8) is 0 Å². The Morgan fingerprint density at radius 2 is 0.672 bits per heavy atom. The van der Waals surface area contributed by atoms with Crippen molar-refractivity contribution >= 4 is 32.9 Å². The summed E-state index contributed by atoms with van der Waals surface area (Å²) in [4.78, 5) is 0. The minimum atomic E-state index is 1.05. The normalized spacial score (nSPS) is 11.2. The van der Waals surface area contributed by atoms with Gasteiger partial charge in [0.1, 0.15) is 0 Å². The molecule has 0 heterocycles. The minimum absolute atomic E-state index is 1.05. The molecule has 0 aliphatic heterocycles. The second-order valence-electron chi connectivity index (χ2n) is 15.0. The van der Waals surface area contributed by atoms with E-state index in [1.165, 1.54) is 93.9 Å². The Hall–Kier alpha value is -7.48. The van der Waals surface area contributed by atoms with E-state index < -0.39 is 0 Å². The Morgan fingerprint density at radius 3 is 1.31 bits per heavy atom. The Balaban J connectivity index is 1.04. The summed E-state index contributed by atoms with van der Waals surface area (Å²) in [6.07, 6.45) is 0. The van der Waals surface area contributed by atoms with Crippen LogP contribution in [0.3, 0.4) is 0 Å². The average Bonchev–Trinajstić information content (AvgIpc) is 3.30. The third-order valence-electron chi connectivity index (χ3n) is 11.5. The van der Waals surface area contributed by atoms with E-state index in [9.17, 15) is 0 Å². The van der Waals surface area contributed by atoms with Crippen molar-refractivity contribution in [2.75, 3.05) is 5.32 Å². The quantitative estimate of drug-likeness (QED) is 0.153. The molecule has 1 nitrogen and oxygen atoms in total. The van der Waals surface area contributed by atoms with Crippen LogP contribution in [-0.4, -0.2) is 0 Å². The predicted octanol–water partition coefficient (Wildman–Crippen LogP) is 16.0. The summed E-state index contributed by atoms with van der Waals surface area (Å²) >= 11 is 0. The lowest BCUT2D eigenvalue weighted by molar-refractivity contribution is 1.45. The molecule has 58 heavy (non-hydrogen) atoms. The fourth-order valence-electron chi connectivity index (χ4n) is 8.60. The lowest BCUT2D eigenvalue weighted by Gasteiger charge is -2.20. The maximum atomic E-state index is 3.92. The topological polar surface area (TPSA) is 12.0 Å². The van der Waals surface area contributed by atoms with Crippen molar-refractivity contribution in [1.82, 2.24) is 0 Å². The van der Waals surface area contributed by atoms with E-state index in [0.29, 0.717) is 0 Å². The van der Waals surface area contributed by atoms with E-state index in [1.807, 2.05) is 0 Å². The highest BCUT2D eigenvalue weighted by molar-refractivity contribution is 6.21. The van der Waals surface area contributed by atoms with Crippen molar-refractivity contribution in [2.24, 2.45) is 0 Å². The summed E-state index contributed by atoms with van der Waals surface area (Å²) in [5.41, 5.74) is 18.0. The Bertz CT molecular complexity index is 3040. The summed E-state index contributed by atoms with van der Waals surface area (Å²) < 4.78 is 0. The number of fused-ring (bicyclic) bond motifs is 3. The monoisotopic (exact) mass is 739 g/mol. The molecule has 10 rings (SSSR count). The first kappa shape index (κ1) is 35.0. The zero-order chi connectivity index (χ0) is 38.8. The molecule has 0 amide bonds. The number of hydrogen-bond donors (Lipinski definition) is 1. The van der Waals surface area contributed by atoms with Crippen LogP contribution in [0.1, 0.15) is 5.56 Å². The molecule has 0 aliphatic carbocycles. The number of nitrogens with one attached hydrogen (secondary N) is 1. The number of benzene rings is 10. The maximum Gasteiger partial charge on any atom is 0.0550 e. The van der Waals surface area contributed by atoms with Crippen molar-refractivity contribution in [3.8, 4) is 66.8 Å². The molecule has 0 saturated heterocycles. The van der Waals surface area contributed by atoms with E-state index >= 15 is 0 Å². The van der Waals surface area contributed by atoms with Gasteiger partial charge < -0.3 is 5.32 Å². The van der Waals surface area contributed by atoms with Crippen LogP contribution in [0.25, 0.3) is 88.3 Å². The predicted molar refractivity (Wildman–Crippen MR) is 249 cm³/mol. The Morgan fingerprint density at radius 1 is 0.259 bits per heavy atom. The van der Waals surface area contributed by atoms with Crippen molar-refractivity contribution in [1.29, 1.82) is 0 Å². The highest BCUT2D eigenvalue weighted by Crippen LogP contribution is 2.45. The zero-order valence-electron chi connectivity index (χ0n) is 32.4. The number of hydrogen-bond acceptors (Lipinski definition) is 1. The lowest BCUT2D eigenvalue weighted by Crippen LogP contribution is -1.97. The molecule has 10 aromatic rings. The van der Waals surface area contributed by atoms with Gasteiger partial charge in [-0.15, -0.1) is 0 Å². The highest BCUT2D eigenvalue weighted by Gasteiger charge is 2.18. The summed E-state index contributed by atoms with van der Waals surface area (Å²) in [7, 11) is 0. The first-order valence-corrected chi connectivity index (χ1v) is 20.0. The van der Waals surface area contributed by atoms with Crippen LogP contribution >= 0.6 is 0 Å². The van der Waals surface area contributed by atoms with Crippen molar-refractivity contribution in [2.45, 2.75) is 6.92 Å². The molecule has 0 unspecified atom stereocenters. The SMILES string of the molecule is Cc1cccc(-c2ccccc2)c1-c1ccccc1-c1ccc(-c2c(Nc3ccc(-c4ccc(-c5ccccc5)cc4)cc3)c3ccccc3c3ccccc23)cc1. The van der Waals surface area contributed by atoms with E-state index in [1.54, 1.807) is 0 Å². The smallest absolute Gasteiger partial charge is 0.0550 e. The van der Waals surface area contributed by atoms with Crippen LogP contribution < -0.4 is 5.32 Å². The van der Waals surface area contributed by atoms with E-state index in [4.69, 9.17) is 0 Å². The first-order valence-electron chi connectivity index (χ1n) is 20.0. The van der Waals surface area contributed by atoms with E-state index in [-0.39, 0.29) is 0 Å². The van der Waals surface area contributed by atoms with Crippen LogP contribution in [0.15, 0.2) is 224 Å². The van der Waals surface area contributed by atoms with Gasteiger partial charge in [0.05, 0.1) is 5.69 Å². The molecule has 0 radical (unpaired) electrons. The molecule has 0 fully saturated rings. The van der Waals surface area contributed by atoms with Crippen LogP contribution in [0.4, 0.5) is 11.4 Å². The largest absolute Gasteiger partial charge is 0.354 e. The van der Waals surface area contributed by atoms with Crippen LogP contribution in [0, 0.1) is 6.92 Å². The van der Waals surface area contributed by atoms with Gasteiger partial charge in [0, 0.05) is 16.6 Å². The molecule has 0 bridgehead atoms. The molecule has 0 atom stereocenters. The second-order valence-corrected chi connectivity index (χ2v) is 15.0. The van der Waals surface area contributed by atoms with Gasteiger partial charge in [0.25, 0.3) is 0 Å². The first-order chi connectivity index (χ1) is 28.7. The molecule has 1 heteroatoms. The summed E-state index contributed by atoms with van der Waals surface area (Å²) in [5.74, 6) is 0. The molecule has 274 valence electrons. The van der Waals surface area contributed by atoms with Gasteiger partial charge in [0.2, 0.25) is 0 Å². The molecular formula is C57H41N. The molecule has 10 aromatic carbocycles. The summed E-state index contributed by atoms with van der Waals surface area (Å²) in [5, 5.41) is 8.82. The second kappa shape index (κ2) is 15.2. The lowest BCUT2D eigenvalue weighted by atomic mass is 9.86. The average molecular weight is 740 g/mol. The van der Waals surface area contributed by atoms with E-state index in [2.05, 4.69) is 237 Å². The van der Waals surface area contributed by atoms with Crippen LogP contribution in [0.5, 0.6) is 0 Å². The molecule has 0 spiro atoms. The standard InChI is InChI=1S/C57H41N/c1-39-15-14-26-49(44-18-6-3-7-19-44)55(39)52-23-11-8-20-48(52)45-31-33-46(34-32-45)56-53-24-12-9-21-50(53)51-22-10-13-25-54(51)57(56)58-47-37-35-43(36-38-47)42-29-27-41(28-30-42)40-16-4-2-5-17-40/h2-38,58H,1H3. The molecule has 0 aliphatic rings. The Labute approximate surface area is 340 Å². The third-order valence-corrected chi connectivity index (χ3v) is 11.5. The minimum Gasteiger partial charge on any atom is -0.354 e. The fraction of sp³-hybridized carbons (Fsp3) is 0.0175. The molecular weight excluding hydrogens is 699 g/mol. The van der Waals surface area contributed by atoms with Crippen LogP contribution in [0.2, 0.25) is 0 Å². The fourth-order valence-corrected chi connectivity index (χ4v) is 8.60. The number of aryl methyl sites for hydroxylation is 1. The number of anilines is 2. The van der Waals surface area contributed by atoms with Crippen molar-refractivity contribution < 1.29 is 0 Å². The molecule has 1 N–H and O–H groups in total. The van der Waals surface area contributed by atoms with Gasteiger partial charge in [-0.25, -0.2) is 0 Å². The van der Waals surface area contributed by atoms with Gasteiger partial charge in [-0.3, -0.25) is 0 Å². The maximum absolute atomic E-state index is 3.92. The van der Waals surface area contributed by atoms with E-state index in [0.717, 1.165) is 11.4 Å². The van der Waals surface area contributed by atoms with Gasteiger partial charge in [-0.1, -0.05) is 212 Å². The third kappa shape index (κ3) is 6.53. The summed E-state index contributed by atoms with van der Waals surface area (Å²) in [6.45, 7) is 2.22. The molecule has 0 saturated carbocycles. The van der Waals surface area contributed by atoms with Gasteiger partial charge in [0.15, 0.2) is 0 Å². The summed E-state index contributed by atoms with van der Waals surface area (Å²) in [6, 6.07) is 81.1. The van der Waals surface area contributed by atoms with Gasteiger partial charge in [-0.2, -0.15) is 0 Å².